The molecule has 0 spiro atoms. The van der Waals surface area contributed by atoms with Crippen LogP contribution in [0.2, 0.25) is 0 Å². The van der Waals surface area contributed by atoms with Gasteiger partial charge in [-0.05, 0) is 18.9 Å². The van der Waals surface area contributed by atoms with Crippen LogP contribution in [-0.4, -0.2) is 23.9 Å². The van der Waals surface area contributed by atoms with E-state index in [1.54, 1.807) is 12.3 Å². The molecule has 1 aliphatic rings. The van der Waals surface area contributed by atoms with Crippen molar-refractivity contribution in [2.75, 3.05) is 18.0 Å². The van der Waals surface area contributed by atoms with Crippen LogP contribution in [0.25, 0.3) is 0 Å². The highest BCUT2D eigenvalue weighted by Crippen LogP contribution is 2.26. The maximum absolute atomic E-state index is 11.1. The van der Waals surface area contributed by atoms with Crippen LogP contribution in [-0.2, 0) is 4.79 Å². The van der Waals surface area contributed by atoms with Gasteiger partial charge in [-0.2, -0.15) is 0 Å². The van der Waals surface area contributed by atoms with Crippen molar-refractivity contribution in [1.82, 2.24) is 0 Å². The third-order valence-electron chi connectivity index (χ3n) is 3.22. The van der Waals surface area contributed by atoms with Gasteiger partial charge in [-0.3, -0.25) is 19.8 Å². The molecule has 3 N–H and O–H groups in total. The Bertz CT molecular complexity index is 469. The zero-order valence-electron chi connectivity index (χ0n) is 9.83. The summed E-state index contributed by atoms with van der Waals surface area (Å²) >= 11 is 0. The molecule has 1 saturated heterocycles. The van der Waals surface area contributed by atoms with E-state index in [9.17, 15) is 14.9 Å². The monoisotopic (exact) mass is 251 g/mol. The van der Waals surface area contributed by atoms with Gasteiger partial charge in [-0.1, -0.05) is 0 Å². The largest absolute Gasteiger partial charge is 0.369 e. The lowest BCUT2D eigenvalue weighted by Gasteiger charge is -2.25. The Balaban J connectivity index is 2.15. The fraction of sp³-hybridized carbons (Fsp3) is 0.455. The maximum atomic E-state index is 11.1. The molecule has 7 nitrogen and oxygen atoms in total. The first-order valence-corrected chi connectivity index (χ1v) is 5.79. The number of aromatic amines is 1. The number of nitrogens with one attached hydrogen (secondary N) is 1. The molecule has 1 amide bonds. The van der Waals surface area contributed by atoms with Crippen LogP contribution in [0, 0.1) is 16.0 Å². The summed E-state index contributed by atoms with van der Waals surface area (Å²) in [5.74, 6) is 0.0793. The first-order chi connectivity index (χ1) is 8.59. The number of rotatable bonds is 3. The molecule has 0 aliphatic carbocycles. The minimum absolute atomic E-state index is 0.0509. The van der Waals surface area contributed by atoms with E-state index in [-0.39, 0.29) is 17.5 Å². The van der Waals surface area contributed by atoms with Crippen LogP contribution in [0.5, 0.6) is 0 Å². The zero-order valence-corrected chi connectivity index (χ0v) is 9.83. The van der Waals surface area contributed by atoms with Gasteiger partial charge < -0.3 is 5.73 Å². The summed E-state index contributed by atoms with van der Waals surface area (Å²) < 4.78 is 0. The molecule has 0 atom stereocenters. The number of amides is 1. The maximum Gasteiger partial charge on any atom is 0.357 e. The number of piperidine rings is 1. The second-order valence-electron chi connectivity index (χ2n) is 4.32. The fourth-order valence-corrected chi connectivity index (χ4v) is 2.21. The number of hydrogen-bond acceptors (Lipinski definition) is 4. The van der Waals surface area contributed by atoms with E-state index in [1.807, 2.05) is 4.90 Å². The summed E-state index contributed by atoms with van der Waals surface area (Å²) in [6.07, 6.45) is 2.92. The molecule has 0 aromatic carbocycles. The molecule has 18 heavy (non-hydrogen) atoms. The van der Waals surface area contributed by atoms with Crippen LogP contribution in [0.1, 0.15) is 12.8 Å². The average Bonchev–Trinajstić information content (AvgIpc) is 2.39. The number of primary amides is 1. The molecule has 2 rings (SSSR count). The number of carbonyl (C=O) groups excluding carboxylic acids is 1. The minimum atomic E-state index is -0.411. The number of H-pyrrole nitrogens is 1. The fourth-order valence-electron chi connectivity index (χ4n) is 2.21. The molecular weight excluding hydrogens is 236 g/mol. The third kappa shape index (κ3) is 2.39. The number of nitro groups is 1. The first kappa shape index (κ1) is 12.3. The third-order valence-corrected chi connectivity index (χ3v) is 3.22. The van der Waals surface area contributed by atoms with Crippen molar-refractivity contribution in [2.45, 2.75) is 12.8 Å². The van der Waals surface area contributed by atoms with Crippen molar-refractivity contribution in [3.63, 3.8) is 0 Å². The first-order valence-electron chi connectivity index (χ1n) is 5.79. The number of carbonyl (C=O) groups is 1. The average molecular weight is 251 g/mol. The van der Waals surface area contributed by atoms with Crippen LogP contribution >= 0.6 is 0 Å². The molecule has 1 aromatic rings. The van der Waals surface area contributed by atoms with E-state index in [2.05, 4.69) is 4.98 Å². The predicted molar refractivity (Wildman–Crippen MR) is 63.8 cm³/mol. The van der Waals surface area contributed by atoms with Gasteiger partial charge in [0.05, 0.1) is 24.2 Å². The number of anilines is 1. The predicted octanol–water partition coefficient (Wildman–Crippen LogP) is 0.111. The zero-order chi connectivity index (χ0) is 13.1. The van der Waals surface area contributed by atoms with Crippen molar-refractivity contribution < 1.29 is 14.7 Å². The van der Waals surface area contributed by atoms with E-state index in [0.717, 1.165) is 0 Å². The smallest absolute Gasteiger partial charge is 0.357 e. The number of hydrogen-bond donors (Lipinski definition) is 1. The molecule has 0 bridgehead atoms. The second-order valence-corrected chi connectivity index (χ2v) is 4.32. The summed E-state index contributed by atoms with van der Waals surface area (Å²) in [6.45, 7) is 1.18. The summed E-state index contributed by atoms with van der Waals surface area (Å²) in [6, 6.07) is 3.06. The Labute approximate surface area is 104 Å². The normalized spacial score (nSPS) is 16.6. The molecular formula is C11H15N4O3+. The van der Waals surface area contributed by atoms with Gasteiger partial charge >= 0.3 is 11.5 Å². The summed E-state index contributed by atoms with van der Waals surface area (Å²) in [5.41, 5.74) is 5.31. The van der Waals surface area contributed by atoms with Crippen molar-refractivity contribution in [1.29, 1.82) is 0 Å². The Morgan fingerprint density at radius 1 is 1.50 bits per heavy atom. The van der Waals surface area contributed by atoms with Crippen molar-refractivity contribution in [3.05, 3.63) is 28.4 Å². The number of nitrogens with zero attached hydrogens (tertiary/aromatic N) is 2. The van der Waals surface area contributed by atoms with Crippen LogP contribution < -0.4 is 15.6 Å². The van der Waals surface area contributed by atoms with E-state index in [1.165, 1.54) is 6.07 Å². The van der Waals surface area contributed by atoms with Gasteiger partial charge in [0.2, 0.25) is 5.91 Å². The van der Waals surface area contributed by atoms with Gasteiger partial charge in [-0.15, -0.1) is 0 Å². The Morgan fingerprint density at radius 2 is 2.17 bits per heavy atom. The molecule has 2 heterocycles. The highest BCUT2D eigenvalue weighted by Gasteiger charge is 2.32. The Morgan fingerprint density at radius 3 is 2.72 bits per heavy atom. The Hall–Kier alpha value is -2.18. The molecule has 0 radical (unpaired) electrons. The van der Waals surface area contributed by atoms with Gasteiger partial charge in [0, 0.05) is 12.0 Å². The SMILES string of the molecule is NC(=O)C1CCN(c2[nH+]cccc2[N+](=O)[O-])CC1. The summed E-state index contributed by atoms with van der Waals surface area (Å²) in [5, 5.41) is 10.9. The number of pyridine rings is 1. The standard InChI is InChI=1S/C11H14N4O3/c12-10(16)8-3-6-14(7-4-8)11-9(15(17)18)2-1-5-13-11/h1-2,5,8H,3-4,6-7H2,(H2,12,16)/p+1. The van der Waals surface area contributed by atoms with Gasteiger partial charge in [-0.25, -0.2) is 4.98 Å². The van der Waals surface area contributed by atoms with Crippen molar-refractivity contribution in [3.8, 4) is 0 Å². The van der Waals surface area contributed by atoms with E-state index in [4.69, 9.17) is 5.73 Å². The van der Waals surface area contributed by atoms with Crippen molar-refractivity contribution in [2.24, 2.45) is 11.7 Å². The molecule has 7 heteroatoms. The highest BCUT2D eigenvalue weighted by molar-refractivity contribution is 5.77. The highest BCUT2D eigenvalue weighted by atomic mass is 16.6. The molecule has 96 valence electrons. The molecule has 1 aliphatic heterocycles. The molecule has 0 saturated carbocycles. The molecule has 1 aromatic heterocycles. The number of nitrogens with two attached hydrogens (primary N) is 1. The van der Waals surface area contributed by atoms with E-state index < -0.39 is 4.92 Å². The second kappa shape index (κ2) is 4.99. The van der Waals surface area contributed by atoms with E-state index in [0.29, 0.717) is 31.7 Å². The molecule has 1 fully saturated rings. The topological polar surface area (TPSA) is 104 Å². The summed E-state index contributed by atoms with van der Waals surface area (Å²) in [4.78, 5) is 26.4. The lowest BCUT2D eigenvalue weighted by atomic mass is 9.96. The Kier molecular flexibility index (Phi) is 3.40. The number of aromatic nitrogens is 1. The van der Waals surface area contributed by atoms with Crippen LogP contribution in [0.4, 0.5) is 11.5 Å². The van der Waals surface area contributed by atoms with Crippen LogP contribution in [0.15, 0.2) is 18.3 Å². The summed E-state index contributed by atoms with van der Waals surface area (Å²) in [7, 11) is 0. The van der Waals surface area contributed by atoms with Crippen LogP contribution in [0.3, 0.4) is 0 Å². The van der Waals surface area contributed by atoms with Gasteiger partial charge in [0.15, 0.2) is 0 Å². The lowest BCUT2D eigenvalue weighted by molar-refractivity contribution is -0.411. The minimum Gasteiger partial charge on any atom is -0.369 e. The molecule has 0 unspecified atom stereocenters. The van der Waals surface area contributed by atoms with E-state index >= 15 is 0 Å². The van der Waals surface area contributed by atoms with Gasteiger partial charge in [0.1, 0.15) is 0 Å². The lowest BCUT2D eigenvalue weighted by Crippen LogP contribution is -2.41. The quantitative estimate of drug-likeness (QED) is 0.608. The van der Waals surface area contributed by atoms with Gasteiger partial charge in [0.25, 0.3) is 0 Å². The van der Waals surface area contributed by atoms with Crippen molar-refractivity contribution >= 4 is 17.4 Å².